The van der Waals surface area contributed by atoms with Gasteiger partial charge in [0, 0.05) is 17.0 Å². The van der Waals surface area contributed by atoms with Gasteiger partial charge in [0.1, 0.15) is 10.9 Å². The zero-order valence-electron chi connectivity index (χ0n) is 10.9. The number of thioether (sulfide) groups is 1. The molecule has 0 radical (unpaired) electrons. The van der Waals surface area contributed by atoms with E-state index in [9.17, 15) is 4.79 Å². The summed E-state index contributed by atoms with van der Waals surface area (Å²) in [6.45, 7) is 0. The maximum Gasteiger partial charge on any atom is 0.313 e. The molecule has 0 unspecified atom stereocenters. The van der Waals surface area contributed by atoms with E-state index in [1.807, 2.05) is 18.2 Å². The lowest BCUT2D eigenvalue weighted by molar-refractivity contribution is -0.133. The largest absolute Gasteiger partial charge is 0.481 e. The zero-order valence-corrected chi connectivity index (χ0v) is 11.7. The monoisotopic (exact) mass is 289 g/mol. The van der Waals surface area contributed by atoms with Gasteiger partial charge in [-0.15, -0.1) is 0 Å². The van der Waals surface area contributed by atoms with Crippen LogP contribution in [0.3, 0.4) is 0 Å². The van der Waals surface area contributed by atoms with Crippen molar-refractivity contribution in [2.45, 2.75) is 30.2 Å². The molecule has 1 fully saturated rings. The average Bonchev–Trinajstić information content (AvgIpc) is 2.34. The van der Waals surface area contributed by atoms with Crippen molar-refractivity contribution in [2.75, 3.05) is 11.5 Å². The van der Waals surface area contributed by atoms with Crippen molar-refractivity contribution in [1.82, 2.24) is 9.97 Å². The lowest BCUT2D eigenvalue weighted by Gasteiger charge is -2.24. The molecule has 20 heavy (non-hydrogen) atoms. The predicted molar refractivity (Wildman–Crippen MR) is 78.9 cm³/mol. The van der Waals surface area contributed by atoms with Crippen molar-refractivity contribution in [3.8, 4) is 0 Å². The van der Waals surface area contributed by atoms with Crippen LogP contribution < -0.4 is 5.73 Å². The smallest absolute Gasteiger partial charge is 0.313 e. The number of hydrogen-bond donors (Lipinski definition) is 2. The number of carbonyl (C=O) groups is 1. The van der Waals surface area contributed by atoms with Crippen LogP contribution in [0.1, 0.15) is 31.0 Å². The predicted octanol–water partition coefficient (Wildman–Crippen LogP) is 2.66. The molecule has 1 aromatic carbocycles. The number of nitrogen functional groups attached to an aromatic ring is 1. The fourth-order valence-electron chi connectivity index (χ4n) is 2.22. The molecule has 1 aliphatic rings. The Balaban J connectivity index is 2.06. The van der Waals surface area contributed by atoms with E-state index in [1.165, 1.54) is 18.2 Å². The van der Waals surface area contributed by atoms with Crippen molar-refractivity contribution >= 4 is 34.3 Å². The van der Waals surface area contributed by atoms with Crippen LogP contribution >= 0.6 is 11.8 Å². The lowest BCUT2D eigenvalue weighted by atomic mass is 9.85. The molecule has 0 saturated heterocycles. The van der Waals surface area contributed by atoms with Gasteiger partial charge in [-0.1, -0.05) is 18.2 Å². The van der Waals surface area contributed by atoms with Crippen LogP contribution in [0, 0.1) is 0 Å². The number of anilines is 1. The molecule has 1 aliphatic carbocycles. The normalized spacial score (nSPS) is 15.2. The van der Waals surface area contributed by atoms with Gasteiger partial charge in [-0.25, -0.2) is 9.97 Å². The summed E-state index contributed by atoms with van der Waals surface area (Å²) in [7, 11) is 0. The number of fused-ring (bicyclic) bond motifs is 1. The van der Waals surface area contributed by atoms with Crippen molar-refractivity contribution in [2.24, 2.45) is 0 Å². The Morgan fingerprint density at radius 2 is 2.20 bits per heavy atom. The van der Waals surface area contributed by atoms with Gasteiger partial charge in [0.05, 0.1) is 11.3 Å². The number of aromatic nitrogens is 2. The molecule has 0 amide bonds. The third-order valence-electron chi connectivity index (χ3n) is 3.50. The molecule has 6 heteroatoms. The van der Waals surface area contributed by atoms with Crippen LogP contribution in [-0.4, -0.2) is 26.8 Å². The van der Waals surface area contributed by atoms with Crippen LogP contribution in [0.2, 0.25) is 0 Å². The average molecular weight is 289 g/mol. The summed E-state index contributed by atoms with van der Waals surface area (Å²) < 4.78 is 0. The maximum atomic E-state index is 10.8. The van der Waals surface area contributed by atoms with Crippen molar-refractivity contribution < 1.29 is 9.90 Å². The number of rotatable bonds is 4. The molecule has 2 aromatic rings. The van der Waals surface area contributed by atoms with Crippen LogP contribution in [0.4, 0.5) is 5.69 Å². The van der Waals surface area contributed by atoms with E-state index in [2.05, 4.69) is 9.97 Å². The van der Waals surface area contributed by atoms with E-state index in [0.717, 1.165) is 29.6 Å². The van der Waals surface area contributed by atoms with Gasteiger partial charge in [-0.3, -0.25) is 4.79 Å². The van der Waals surface area contributed by atoms with Gasteiger partial charge in [-0.2, -0.15) is 0 Å². The van der Waals surface area contributed by atoms with Crippen LogP contribution in [0.15, 0.2) is 23.2 Å². The Labute approximate surface area is 120 Å². The molecule has 5 nitrogen and oxygen atoms in total. The fourth-order valence-corrected chi connectivity index (χ4v) is 2.96. The first-order chi connectivity index (χ1) is 9.63. The van der Waals surface area contributed by atoms with Gasteiger partial charge in [0.2, 0.25) is 0 Å². The first-order valence-corrected chi connectivity index (χ1v) is 7.54. The SMILES string of the molecule is Nc1ccc2nc(C3CCC3)nc(SCC(=O)O)c2c1. The number of carboxylic acid groups (broad SMARTS) is 1. The number of benzene rings is 1. The number of hydrogen-bond acceptors (Lipinski definition) is 5. The maximum absolute atomic E-state index is 10.8. The van der Waals surface area contributed by atoms with E-state index in [1.54, 1.807) is 0 Å². The van der Waals surface area contributed by atoms with Gasteiger partial charge in [0.25, 0.3) is 0 Å². The molecule has 104 valence electrons. The van der Waals surface area contributed by atoms with Gasteiger partial charge in [-0.05, 0) is 31.0 Å². The highest BCUT2D eigenvalue weighted by molar-refractivity contribution is 8.00. The highest BCUT2D eigenvalue weighted by Gasteiger charge is 2.23. The number of aliphatic carboxylic acids is 1. The summed E-state index contributed by atoms with van der Waals surface area (Å²) in [5, 5.41) is 10.4. The molecule has 3 N–H and O–H groups in total. The molecule has 0 bridgehead atoms. The third kappa shape index (κ3) is 2.56. The lowest BCUT2D eigenvalue weighted by Crippen LogP contribution is -2.13. The van der Waals surface area contributed by atoms with Crippen LogP contribution in [0.25, 0.3) is 10.9 Å². The second-order valence-corrected chi connectivity index (χ2v) is 5.94. The van der Waals surface area contributed by atoms with Crippen LogP contribution in [-0.2, 0) is 4.79 Å². The fraction of sp³-hybridized carbons (Fsp3) is 0.357. The van der Waals surface area contributed by atoms with E-state index in [0.29, 0.717) is 16.6 Å². The molecule has 1 aromatic heterocycles. The summed E-state index contributed by atoms with van der Waals surface area (Å²) in [6, 6.07) is 5.49. The molecule has 0 spiro atoms. The Kier molecular flexibility index (Phi) is 3.48. The second-order valence-electron chi connectivity index (χ2n) is 4.97. The van der Waals surface area contributed by atoms with E-state index in [4.69, 9.17) is 10.8 Å². The van der Waals surface area contributed by atoms with E-state index < -0.39 is 5.97 Å². The highest BCUT2D eigenvalue weighted by Crippen LogP contribution is 2.37. The molecule has 0 aliphatic heterocycles. The topological polar surface area (TPSA) is 89.1 Å². The summed E-state index contributed by atoms with van der Waals surface area (Å²) in [5.74, 6) is 0.392. The van der Waals surface area contributed by atoms with E-state index >= 15 is 0 Å². The number of carboxylic acids is 1. The zero-order chi connectivity index (χ0) is 14.1. The van der Waals surface area contributed by atoms with Crippen molar-refractivity contribution in [1.29, 1.82) is 0 Å². The van der Waals surface area contributed by atoms with Crippen molar-refractivity contribution in [3.05, 3.63) is 24.0 Å². The highest BCUT2D eigenvalue weighted by atomic mass is 32.2. The minimum Gasteiger partial charge on any atom is -0.481 e. The molecular weight excluding hydrogens is 274 g/mol. The summed E-state index contributed by atoms with van der Waals surface area (Å²) in [6.07, 6.45) is 3.44. The molecule has 1 heterocycles. The second kappa shape index (κ2) is 5.28. The Morgan fingerprint density at radius 1 is 1.40 bits per heavy atom. The first-order valence-electron chi connectivity index (χ1n) is 6.55. The van der Waals surface area contributed by atoms with Crippen molar-refractivity contribution in [3.63, 3.8) is 0 Å². The Morgan fingerprint density at radius 3 is 2.85 bits per heavy atom. The third-order valence-corrected chi connectivity index (χ3v) is 4.48. The number of nitrogens with two attached hydrogens (primary N) is 1. The molecule has 3 rings (SSSR count). The molecule has 0 atom stereocenters. The summed E-state index contributed by atoms with van der Waals surface area (Å²) in [5.41, 5.74) is 7.27. The van der Waals surface area contributed by atoms with Gasteiger partial charge < -0.3 is 10.8 Å². The minimum absolute atomic E-state index is 0.00891. The quantitative estimate of drug-likeness (QED) is 0.511. The van der Waals surface area contributed by atoms with Gasteiger partial charge in [0.15, 0.2) is 0 Å². The van der Waals surface area contributed by atoms with Gasteiger partial charge >= 0.3 is 5.97 Å². The van der Waals surface area contributed by atoms with Crippen LogP contribution in [0.5, 0.6) is 0 Å². The molecular formula is C14H15N3O2S. The standard InChI is InChI=1S/C14H15N3O2S/c15-9-4-5-11-10(6-9)14(20-7-12(18)19)17-13(16-11)8-2-1-3-8/h4-6,8H,1-3,7,15H2,(H,18,19). The summed E-state index contributed by atoms with van der Waals surface area (Å²) >= 11 is 1.23. The Bertz CT molecular complexity index is 671. The first kappa shape index (κ1) is 13.2. The van der Waals surface area contributed by atoms with E-state index in [-0.39, 0.29) is 5.75 Å². The number of nitrogens with zero attached hydrogens (tertiary/aromatic N) is 2. The minimum atomic E-state index is -0.851. The molecule has 1 saturated carbocycles. The Hall–Kier alpha value is -1.82. The summed E-state index contributed by atoms with van der Waals surface area (Å²) in [4.78, 5) is 19.9.